The minimum atomic E-state index is -0.0164. The van der Waals surface area contributed by atoms with E-state index in [1.54, 1.807) is 0 Å². The van der Waals surface area contributed by atoms with Crippen LogP contribution in [0.3, 0.4) is 0 Å². The number of carbonyl (C=O) groups is 2. The fourth-order valence-corrected chi connectivity index (χ4v) is 1.86. The lowest BCUT2D eigenvalue weighted by Crippen LogP contribution is -2.34. The first kappa shape index (κ1) is 18.0. The van der Waals surface area contributed by atoms with Gasteiger partial charge in [-0.1, -0.05) is 24.6 Å². The van der Waals surface area contributed by atoms with Crippen LogP contribution < -0.4 is 15.4 Å². The molecule has 0 bridgehead atoms. The zero-order valence-electron chi connectivity index (χ0n) is 13.5. The average Bonchev–Trinajstić information content (AvgIpc) is 2.50. The summed E-state index contributed by atoms with van der Waals surface area (Å²) >= 11 is 0. The molecule has 0 aliphatic carbocycles. The van der Waals surface area contributed by atoms with Gasteiger partial charge in [-0.3, -0.25) is 9.59 Å². The maximum atomic E-state index is 11.6. The number of aryl methyl sites for hydroxylation is 1. The number of hydrogen-bond donors (Lipinski definition) is 2. The molecule has 0 aliphatic rings. The van der Waals surface area contributed by atoms with Crippen LogP contribution in [0.25, 0.3) is 0 Å². The molecule has 0 fully saturated rings. The van der Waals surface area contributed by atoms with Crippen molar-refractivity contribution >= 4 is 11.8 Å². The van der Waals surface area contributed by atoms with Gasteiger partial charge in [0.05, 0.1) is 6.61 Å². The molecule has 0 saturated carbocycles. The molecule has 0 unspecified atom stereocenters. The lowest BCUT2D eigenvalue weighted by molar-refractivity contribution is -0.123. The highest BCUT2D eigenvalue weighted by atomic mass is 16.5. The second-order valence-electron chi connectivity index (χ2n) is 5.21. The Kier molecular flexibility index (Phi) is 8.72. The van der Waals surface area contributed by atoms with Gasteiger partial charge in [0.15, 0.2) is 0 Å². The second kappa shape index (κ2) is 10.7. The second-order valence-corrected chi connectivity index (χ2v) is 5.21. The van der Waals surface area contributed by atoms with Crippen molar-refractivity contribution in [1.29, 1.82) is 0 Å². The summed E-state index contributed by atoms with van der Waals surface area (Å²) in [5.74, 6) is 0.838. The van der Waals surface area contributed by atoms with Crippen molar-refractivity contribution in [3.63, 3.8) is 0 Å². The Balaban J connectivity index is 2.01. The SMILES string of the molecule is CCCC(=O)NCCNC(=O)CCCOc1ccc(C)cc1. The van der Waals surface area contributed by atoms with Gasteiger partial charge in [-0.15, -0.1) is 0 Å². The first-order valence-electron chi connectivity index (χ1n) is 7.84. The molecule has 22 heavy (non-hydrogen) atoms. The summed E-state index contributed by atoms with van der Waals surface area (Å²) in [7, 11) is 0. The first-order chi connectivity index (χ1) is 10.6. The van der Waals surface area contributed by atoms with Crippen molar-refractivity contribution in [2.45, 2.75) is 39.5 Å². The van der Waals surface area contributed by atoms with Crippen molar-refractivity contribution < 1.29 is 14.3 Å². The number of ether oxygens (including phenoxy) is 1. The first-order valence-corrected chi connectivity index (χ1v) is 7.84. The van der Waals surface area contributed by atoms with Crippen molar-refractivity contribution in [3.8, 4) is 5.75 Å². The molecule has 0 saturated heterocycles. The molecule has 2 N–H and O–H groups in total. The van der Waals surface area contributed by atoms with Gasteiger partial charge in [0.1, 0.15) is 5.75 Å². The highest BCUT2D eigenvalue weighted by Crippen LogP contribution is 2.11. The van der Waals surface area contributed by atoms with Gasteiger partial charge in [0, 0.05) is 25.9 Å². The molecule has 0 radical (unpaired) electrons. The predicted molar refractivity (Wildman–Crippen MR) is 86.8 cm³/mol. The van der Waals surface area contributed by atoms with Gasteiger partial charge < -0.3 is 15.4 Å². The molecule has 5 heteroatoms. The topological polar surface area (TPSA) is 67.4 Å². The summed E-state index contributed by atoms with van der Waals surface area (Å²) < 4.78 is 5.56. The smallest absolute Gasteiger partial charge is 0.220 e. The summed E-state index contributed by atoms with van der Waals surface area (Å²) in [4.78, 5) is 22.8. The lowest BCUT2D eigenvalue weighted by Gasteiger charge is -2.08. The number of nitrogens with one attached hydrogen (secondary N) is 2. The minimum absolute atomic E-state index is 0.0164. The average molecular weight is 306 g/mol. The minimum Gasteiger partial charge on any atom is -0.494 e. The Morgan fingerprint density at radius 1 is 1.00 bits per heavy atom. The van der Waals surface area contributed by atoms with Crippen LogP contribution in [0.5, 0.6) is 5.75 Å². The number of amides is 2. The van der Waals surface area contributed by atoms with E-state index in [1.807, 2.05) is 38.1 Å². The van der Waals surface area contributed by atoms with Crippen molar-refractivity contribution in [3.05, 3.63) is 29.8 Å². The molecule has 1 aromatic carbocycles. The van der Waals surface area contributed by atoms with E-state index in [0.717, 1.165) is 12.2 Å². The summed E-state index contributed by atoms with van der Waals surface area (Å²) in [5, 5.41) is 5.53. The third-order valence-corrected chi connectivity index (χ3v) is 3.08. The van der Waals surface area contributed by atoms with Crippen LogP contribution in [0.2, 0.25) is 0 Å². The van der Waals surface area contributed by atoms with Crippen LogP contribution in [0.15, 0.2) is 24.3 Å². The highest BCUT2D eigenvalue weighted by molar-refractivity contribution is 5.77. The van der Waals surface area contributed by atoms with Crippen LogP contribution in [0.1, 0.15) is 38.2 Å². The molecule has 0 aliphatic heterocycles. The quantitative estimate of drug-likeness (QED) is 0.651. The van der Waals surface area contributed by atoms with E-state index in [0.29, 0.717) is 39.0 Å². The fourth-order valence-electron chi connectivity index (χ4n) is 1.86. The van der Waals surface area contributed by atoms with Crippen LogP contribution in [0, 0.1) is 6.92 Å². The van der Waals surface area contributed by atoms with Crippen molar-refractivity contribution in [2.75, 3.05) is 19.7 Å². The highest BCUT2D eigenvalue weighted by Gasteiger charge is 2.02. The normalized spacial score (nSPS) is 10.1. The zero-order chi connectivity index (χ0) is 16.2. The van der Waals surface area contributed by atoms with Gasteiger partial charge in [-0.2, -0.15) is 0 Å². The van der Waals surface area contributed by atoms with Gasteiger partial charge >= 0.3 is 0 Å². The van der Waals surface area contributed by atoms with E-state index in [9.17, 15) is 9.59 Å². The van der Waals surface area contributed by atoms with Crippen molar-refractivity contribution in [1.82, 2.24) is 10.6 Å². The molecule has 1 rings (SSSR count). The third-order valence-electron chi connectivity index (χ3n) is 3.08. The van der Waals surface area contributed by atoms with E-state index >= 15 is 0 Å². The molecule has 5 nitrogen and oxygen atoms in total. The van der Waals surface area contributed by atoms with Gasteiger partial charge in [0.25, 0.3) is 0 Å². The van der Waals surface area contributed by atoms with E-state index in [1.165, 1.54) is 5.56 Å². The Morgan fingerprint density at radius 3 is 2.18 bits per heavy atom. The number of benzene rings is 1. The van der Waals surface area contributed by atoms with Crippen LogP contribution in [-0.2, 0) is 9.59 Å². The lowest BCUT2D eigenvalue weighted by atomic mass is 10.2. The number of hydrogen-bond acceptors (Lipinski definition) is 3. The maximum absolute atomic E-state index is 11.6. The predicted octanol–water partition coefficient (Wildman–Crippen LogP) is 2.19. The van der Waals surface area contributed by atoms with E-state index < -0.39 is 0 Å². The third kappa shape index (κ3) is 8.29. The maximum Gasteiger partial charge on any atom is 0.220 e. The molecule has 0 aromatic heterocycles. The van der Waals surface area contributed by atoms with Gasteiger partial charge in [-0.05, 0) is 31.9 Å². The Bertz CT molecular complexity index is 457. The standard InChI is InChI=1S/C17H26N2O3/c1-3-5-16(20)18-11-12-19-17(21)6-4-13-22-15-9-7-14(2)8-10-15/h7-10H,3-6,11-13H2,1-2H3,(H,18,20)(H,19,21). The summed E-state index contributed by atoms with van der Waals surface area (Å²) in [6, 6.07) is 7.84. The zero-order valence-corrected chi connectivity index (χ0v) is 13.5. The molecular formula is C17H26N2O3. The van der Waals surface area contributed by atoms with Crippen LogP contribution >= 0.6 is 0 Å². The molecular weight excluding hydrogens is 280 g/mol. The van der Waals surface area contributed by atoms with Crippen LogP contribution in [0.4, 0.5) is 0 Å². The summed E-state index contributed by atoms with van der Waals surface area (Å²) in [6.07, 6.45) is 2.46. The Morgan fingerprint density at radius 2 is 1.59 bits per heavy atom. The van der Waals surface area contributed by atoms with E-state index in [2.05, 4.69) is 10.6 Å². The van der Waals surface area contributed by atoms with Gasteiger partial charge in [0.2, 0.25) is 11.8 Å². The molecule has 0 atom stereocenters. The molecule has 122 valence electrons. The van der Waals surface area contributed by atoms with Crippen LogP contribution in [-0.4, -0.2) is 31.5 Å². The molecule has 0 heterocycles. The molecule has 0 spiro atoms. The summed E-state index contributed by atoms with van der Waals surface area (Å²) in [6.45, 7) is 5.44. The summed E-state index contributed by atoms with van der Waals surface area (Å²) in [5.41, 5.74) is 1.19. The number of carbonyl (C=O) groups excluding carboxylic acids is 2. The van der Waals surface area contributed by atoms with Crippen molar-refractivity contribution in [2.24, 2.45) is 0 Å². The largest absolute Gasteiger partial charge is 0.494 e. The molecule has 1 aromatic rings. The van der Waals surface area contributed by atoms with E-state index in [-0.39, 0.29) is 11.8 Å². The van der Waals surface area contributed by atoms with Gasteiger partial charge in [-0.25, -0.2) is 0 Å². The van der Waals surface area contributed by atoms with E-state index in [4.69, 9.17) is 4.74 Å². The Labute approximate surface area is 132 Å². The molecule has 2 amide bonds. The number of rotatable bonds is 10. The monoisotopic (exact) mass is 306 g/mol. The fraction of sp³-hybridized carbons (Fsp3) is 0.529. The Hall–Kier alpha value is -2.04.